The van der Waals surface area contributed by atoms with E-state index >= 15 is 0 Å². The lowest BCUT2D eigenvalue weighted by molar-refractivity contribution is -0.214. The van der Waals surface area contributed by atoms with Gasteiger partial charge in [-0.1, -0.05) is 0 Å². The van der Waals surface area contributed by atoms with E-state index in [2.05, 4.69) is 0 Å². The van der Waals surface area contributed by atoms with E-state index in [0.717, 1.165) is 10.6 Å². The number of sulfonamides is 1. The van der Waals surface area contributed by atoms with Crippen LogP contribution in [0, 0.1) is 5.41 Å². The number of halogens is 3. The van der Waals surface area contributed by atoms with E-state index in [4.69, 9.17) is 5.73 Å². The van der Waals surface area contributed by atoms with E-state index in [1.54, 1.807) is 0 Å². The summed E-state index contributed by atoms with van der Waals surface area (Å²) in [5.74, 6) is 0. The van der Waals surface area contributed by atoms with Gasteiger partial charge in [0.15, 0.2) is 0 Å². The van der Waals surface area contributed by atoms with Crippen molar-refractivity contribution in [1.82, 2.24) is 4.31 Å². The molecule has 15 heavy (non-hydrogen) atoms. The van der Waals surface area contributed by atoms with Gasteiger partial charge in [0.05, 0.1) is 11.7 Å². The van der Waals surface area contributed by atoms with Crippen molar-refractivity contribution in [3.63, 3.8) is 0 Å². The molecule has 0 radical (unpaired) electrons. The maximum Gasteiger partial charge on any atom is 0.397 e. The van der Waals surface area contributed by atoms with Crippen LogP contribution in [-0.2, 0) is 10.0 Å². The van der Waals surface area contributed by atoms with Gasteiger partial charge in [-0.05, 0) is 6.42 Å². The van der Waals surface area contributed by atoms with Gasteiger partial charge in [0.25, 0.3) is 0 Å². The van der Waals surface area contributed by atoms with Crippen LogP contribution in [0.1, 0.15) is 6.42 Å². The van der Waals surface area contributed by atoms with Crippen molar-refractivity contribution in [1.29, 1.82) is 0 Å². The van der Waals surface area contributed by atoms with Crippen LogP contribution in [0.3, 0.4) is 0 Å². The zero-order valence-corrected chi connectivity index (χ0v) is 9.03. The minimum Gasteiger partial charge on any atom is -0.330 e. The second-order valence-electron chi connectivity index (χ2n) is 3.83. The molecular weight excluding hydrogens is 233 g/mol. The maximum absolute atomic E-state index is 12.7. The molecule has 1 fully saturated rings. The average Bonchev–Trinajstić information content (AvgIpc) is 2.46. The van der Waals surface area contributed by atoms with Gasteiger partial charge in [-0.2, -0.15) is 13.2 Å². The first kappa shape index (κ1) is 12.7. The lowest BCUT2D eigenvalue weighted by Gasteiger charge is -2.29. The Kier molecular flexibility index (Phi) is 3.05. The van der Waals surface area contributed by atoms with Crippen LogP contribution in [-0.4, -0.2) is 44.8 Å². The van der Waals surface area contributed by atoms with Crippen LogP contribution in [0.15, 0.2) is 0 Å². The van der Waals surface area contributed by atoms with E-state index in [9.17, 15) is 21.6 Å². The summed E-state index contributed by atoms with van der Waals surface area (Å²) in [4.78, 5) is 0. The van der Waals surface area contributed by atoms with Gasteiger partial charge in [0.1, 0.15) is 0 Å². The molecule has 0 aromatic rings. The largest absolute Gasteiger partial charge is 0.397 e. The zero-order chi connectivity index (χ0) is 11.9. The molecule has 4 nitrogen and oxygen atoms in total. The van der Waals surface area contributed by atoms with Crippen LogP contribution < -0.4 is 5.73 Å². The highest BCUT2D eigenvalue weighted by molar-refractivity contribution is 7.88. The fourth-order valence-electron chi connectivity index (χ4n) is 1.63. The third-order valence-corrected chi connectivity index (χ3v) is 4.03. The molecule has 1 atom stereocenters. The summed E-state index contributed by atoms with van der Waals surface area (Å²) in [6.45, 7) is -1.26. The standard InChI is InChI=1S/C7H13F3N2O2S/c1-15(13,14)12-3-2-6(4-11,5-12)7(8,9)10/h2-5,11H2,1H3. The molecular formula is C7H13F3N2O2S. The summed E-state index contributed by atoms with van der Waals surface area (Å²) in [6, 6.07) is 0. The Morgan fingerprint density at radius 2 is 2.00 bits per heavy atom. The highest BCUT2D eigenvalue weighted by Gasteiger charge is 2.58. The van der Waals surface area contributed by atoms with Crippen LogP contribution in [0.5, 0.6) is 0 Å². The van der Waals surface area contributed by atoms with Crippen molar-refractivity contribution in [2.75, 3.05) is 25.9 Å². The highest BCUT2D eigenvalue weighted by Crippen LogP contribution is 2.45. The first-order valence-corrected chi connectivity index (χ1v) is 6.19. The topological polar surface area (TPSA) is 63.4 Å². The normalized spacial score (nSPS) is 29.7. The summed E-state index contributed by atoms with van der Waals surface area (Å²) in [5.41, 5.74) is 3.05. The van der Waals surface area contributed by atoms with Gasteiger partial charge in [-0.25, -0.2) is 12.7 Å². The molecule has 1 unspecified atom stereocenters. The molecule has 0 aromatic carbocycles. The number of hydrogen-bond acceptors (Lipinski definition) is 3. The quantitative estimate of drug-likeness (QED) is 0.755. The zero-order valence-electron chi connectivity index (χ0n) is 8.21. The average molecular weight is 246 g/mol. The monoisotopic (exact) mass is 246 g/mol. The van der Waals surface area contributed by atoms with E-state index < -0.39 is 34.7 Å². The van der Waals surface area contributed by atoms with Crippen molar-refractivity contribution in [3.05, 3.63) is 0 Å². The first-order chi connectivity index (χ1) is 6.62. The van der Waals surface area contributed by atoms with Crippen molar-refractivity contribution in [3.8, 4) is 0 Å². The second kappa shape index (κ2) is 3.60. The number of rotatable bonds is 2. The van der Waals surface area contributed by atoms with Crippen molar-refractivity contribution in [2.24, 2.45) is 11.1 Å². The van der Waals surface area contributed by atoms with E-state index in [0.29, 0.717) is 0 Å². The van der Waals surface area contributed by atoms with Crippen LogP contribution in [0.2, 0.25) is 0 Å². The van der Waals surface area contributed by atoms with Crippen LogP contribution in [0.25, 0.3) is 0 Å². The maximum atomic E-state index is 12.7. The van der Waals surface area contributed by atoms with Gasteiger partial charge in [-0.15, -0.1) is 0 Å². The molecule has 0 aliphatic carbocycles. The van der Waals surface area contributed by atoms with Gasteiger partial charge >= 0.3 is 6.18 Å². The lowest BCUT2D eigenvalue weighted by atomic mass is 9.87. The Bertz CT molecular complexity index is 341. The summed E-state index contributed by atoms with van der Waals surface area (Å²) < 4.78 is 61.0. The number of nitrogens with zero attached hydrogens (tertiary/aromatic N) is 1. The lowest BCUT2D eigenvalue weighted by Crippen LogP contribution is -2.46. The molecule has 0 aromatic heterocycles. The fourth-order valence-corrected chi connectivity index (χ4v) is 2.54. The van der Waals surface area contributed by atoms with Crippen LogP contribution in [0.4, 0.5) is 13.2 Å². The first-order valence-electron chi connectivity index (χ1n) is 4.34. The molecule has 1 aliphatic rings. The van der Waals surface area contributed by atoms with Gasteiger partial charge in [-0.3, -0.25) is 0 Å². The molecule has 8 heteroatoms. The third kappa shape index (κ3) is 2.26. The van der Waals surface area contributed by atoms with E-state index in [1.165, 1.54) is 0 Å². The number of nitrogens with two attached hydrogens (primary N) is 1. The van der Waals surface area contributed by atoms with Gasteiger partial charge in [0, 0.05) is 19.6 Å². The Morgan fingerprint density at radius 1 is 1.47 bits per heavy atom. The SMILES string of the molecule is CS(=O)(=O)N1CCC(CN)(C(F)(F)F)C1. The summed E-state index contributed by atoms with van der Waals surface area (Å²) in [7, 11) is -3.57. The van der Waals surface area contributed by atoms with Crippen molar-refractivity contribution >= 4 is 10.0 Å². The molecule has 2 N–H and O–H groups in total. The summed E-state index contributed by atoms with van der Waals surface area (Å²) in [5, 5.41) is 0. The molecule has 1 heterocycles. The molecule has 1 rings (SSSR count). The summed E-state index contributed by atoms with van der Waals surface area (Å²) in [6.07, 6.45) is -3.82. The molecule has 1 aliphatic heterocycles. The second-order valence-corrected chi connectivity index (χ2v) is 5.81. The van der Waals surface area contributed by atoms with Crippen LogP contribution >= 0.6 is 0 Å². The predicted molar refractivity (Wildman–Crippen MR) is 48.6 cm³/mol. The Hall–Kier alpha value is -0.340. The number of hydrogen-bond donors (Lipinski definition) is 1. The van der Waals surface area contributed by atoms with Gasteiger partial charge < -0.3 is 5.73 Å². The molecule has 1 saturated heterocycles. The van der Waals surface area contributed by atoms with Crippen molar-refractivity contribution < 1.29 is 21.6 Å². The summed E-state index contributed by atoms with van der Waals surface area (Å²) >= 11 is 0. The number of alkyl halides is 3. The Morgan fingerprint density at radius 3 is 2.20 bits per heavy atom. The smallest absolute Gasteiger partial charge is 0.330 e. The van der Waals surface area contributed by atoms with E-state index in [1.807, 2.05) is 0 Å². The Labute approximate surface area is 86.3 Å². The van der Waals surface area contributed by atoms with Crippen molar-refractivity contribution in [2.45, 2.75) is 12.6 Å². The predicted octanol–water partition coefficient (Wildman–Crippen LogP) is 0.159. The highest BCUT2D eigenvalue weighted by atomic mass is 32.2. The Balaban J connectivity index is 2.93. The minimum absolute atomic E-state index is 0.116. The van der Waals surface area contributed by atoms with Gasteiger partial charge in [0.2, 0.25) is 10.0 Å². The fraction of sp³-hybridized carbons (Fsp3) is 1.00. The molecule has 0 spiro atoms. The molecule has 0 bridgehead atoms. The molecule has 0 saturated carbocycles. The molecule has 0 amide bonds. The minimum atomic E-state index is -4.46. The third-order valence-electron chi connectivity index (χ3n) is 2.78. The van der Waals surface area contributed by atoms with E-state index in [-0.39, 0.29) is 13.0 Å². The molecule has 90 valence electrons.